The predicted octanol–water partition coefficient (Wildman–Crippen LogP) is -0.408. The summed E-state index contributed by atoms with van der Waals surface area (Å²) in [6.45, 7) is -4.43. The van der Waals surface area contributed by atoms with E-state index in [0.29, 0.717) is 0 Å². The topological polar surface area (TPSA) is 33.6 Å². The summed E-state index contributed by atoms with van der Waals surface area (Å²) in [6, 6.07) is -0.111. The molecule has 0 unspecified atom stereocenters. The van der Waals surface area contributed by atoms with Crippen molar-refractivity contribution >= 4 is 6.02 Å². The Labute approximate surface area is 48.0 Å². The first-order valence-corrected chi connectivity index (χ1v) is 1.81. The fourth-order valence-corrected chi connectivity index (χ4v) is 0.285. The molecule has 0 saturated carbocycles. The standard InChI is InChI=1S/C4H8N2O/c1-7-4-5-2-3-6-4/h2-3H2,1H3,(H,5,6)/i2D2,3D2. The second kappa shape index (κ2) is 1.82. The van der Waals surface area contributed by atoms with E-state index in [1.54, 1.807) is 0 Å². The first kappa shape index (κ1) is 1.65. The molecule has 0 fully saturated rings. The van der Waals surface area contributed by atoms with Gasteiger partial charge in [0.05, 0.1) is 19.1 Å². The first-order chi connectivity index (χ1) is 4.89. The molecule has 3 heteroatoms. The van der Waals surface area contributed by atoms with Crippen molar-refractivity contribution in [2.75, 3.05) is 20.1 Å². The number of aliphatic imine (C=N–C) groups is 1. The van der Waals surface area contributed by atoms with Gasteiger partial charge in [-0.25, -0.2) is 4.99 Å². The van der Waals surface area contributed by atoms with E-state index in [1.807, 2.05) is 0 Å². The number of rotatable bonds is 0. The van der Waals surface area contributed by atoms with E-state index < -0.39 is 13.0 Å². The summed E-state index contributed by atoms with van der Waals surface area (Å²) in [6.07, 6.45) is 0. The van der Waals surface area contributed by atoms with Crippen molar-refractivity contribution in [1.29, 1.82) is 0 Å². The van der Waals surface area contributed by atoms with Crippen LogP contribution in [-0.2, 0) is 4.74 Å². The first-order valence-electron chi connectivity index (χ1n) is 3.81. The van der Waals surface area contributed by atoms with E-state index in [1.165, 1.54) is 7.11 Å². The molecular weight excluding hydrogens is 92.1 g/mol. The Bertz CT molecular complexity index is 202. The van der Waals surface area contributed by atoms with E-state index in [9.17, 15) is 0 Å². The van der Waals surface area contributed by atoms with Gasteiger partial charge in [-0.3, -0.25) is 0 Å². The largest absolute Gasteiger partial charge is 0.469 e. The zero-order chi connectivity index (χ0) is 8.70. The predicted molar refractivity (Wildman–Crippen MR) is 27.3 cm³/mol. The molecule has 1 heterocycles. The van der Waals surface area contributed by atoms with E-state index in [-0.39, 0.29) is 6.02 Å². The Balaban J connectivity index is 2.87. The van der Waals surface area contributed by atoms with Crippen molar-refractivity contribution in [1.82, 2.24) is 5.32 Å². The smallest absolute Gasteiger partial charge is 0.284 e. The third kappa shape index (κ3) is 0.824. The highest BCUT2D eigenvalue weighted by Gasteiger charge is 2.00. The van der Waals surface area contributed by atoms with E-state index in [0.717, 1.165) is 0 Å². The Hall–Kier alpha value is -0.730. The van der Waals surface area contributed by atoms with Crippen molar-refractivity contribution in [3.05, 3.63) is 0 Å². The lowest BCUT2D eigenvalue weighted by Gasteiger charge is -1.94. The summed E-state index contributed by atoms with van der Waals surface area (Å²) in [5.74, 6) is 0. The van der Waals surface area contributed by atoms with Gasteiger partial charge in [-0.15, -0.1) is 0 Å². The monoisotopic (exact) mass is 104 g/mol. The van der Waals surface area contributed by atoms with Gasteiger partial charge in [-0.05, 0) is 0 Å². The molecule has 0 aliphatic carbocycles. The van der Waals surface area contributed by atoms with Crippen LogP contribution in [0.5, 0.6) is 0 Å². The van der Waals surface area contributed by atoms with E-state index in [4.69, 9.17) is 5.48 Å². The molecule has 0 amide bonds. The summed E-state index contributed by atoms with van der Waals surface area (Å²) in [4.78, 5) is 3.33. The molecule has 0 aromatic heterocycles. The lowest BCUT2D eigenvalue weighted by Crippen LogP contribution is -2.19. The summed E-state index contributed by atoms with van der Waals surface area (Å²) >= 11 is 0. The Morgan fingerprint density at radius 1 is 2.14 bits per heavy atom. The lowest BCUT2D eigenvalue weighted by atomic mass is 10.7. The highest BCUT2D eigenvalue weighted by Crippen LogP contribution is 1.82. The van der Waals surface area contributed by atoms with Crippen LogP contribution in [0.3, 0.4) is 0 Å². The quantitative estimate of drug-likeness (QED) is 0.453. The van der Waals surface area contributed by atoms with Crippen molar-refractivity contribution in [2.45, 2.75) is 0 Å². The third-order valence-electron chi connectivity index (χ3n) is 0.576. The Kier molecular flexibility index (Phi) is 0.429. The molecule has 1 aliphatic rings. The molecular formula is C4H8N2O. The van der Waals surface area contributed by atoms with Gasteiger partial charge in [0, 0.05) is 6.50 Å². The van der Waals surface area contributed by atoms with Crippen LogP contribution in [0.1, 0.15) is 5.48 Å². The van der Waals surface area contributed by atoms with Crippen LogP contribution in [0.25, 0.3) is 0 Å². The highest BCUT2D eigenvalue weighted by atomic mass is 16.5. The number of hydrogen-bond donors (Lipinski definition) is 1. The lowest BCUT2D eigenvalue weighted by molar-refractivity contribution is 0.388. The molecule has 0 aromatic carbocycles. The maximum absolute atomic E-state index is 7.11. The SMILES string of the molecule is [2H]C1([2H])N=C(OC)NC1([2H])[2H]. The van der Waals surface area contributed by atoms with Gasteiger partial charge in [0.1, 0.15) is 0 Å². The van der Waals surface area contributed by atoms with Gasteiger partial charge < -0.3 is 10.1 Å². The van der Waals surface area contributed by atoms with Crippen molar-refractivity contribution in [3.8, 4) is 0 Å². The summed E-state index contributed by atoms with van der Waals surface area (Å²) in [7, 11) is 1.29. The number of amidine groups is 1. The minimum atomic E-state index is -2.25. The molecule has 1 rings (SSSR count). The molecule has 0 aromatic rings. The van der Waals surface area contributed by atoms with Crippen LogP contribution >= 0.6 is 0 Å². The van der Waals surface area contributed by atoms with Crippen molar-refractivity contribution in [2.24, 2.45) is 4.99 Å². The molecule has 0 spiro atoms. The summed E-state index contributed by atoms with van der Waals surface area (Å²) in [5, 5.41) is 2.16. The molecule has 7 heavy (non-hydrogen) atoms. The zero-order valence-electron chi connectivity index (χ0n) is 7.86. The number of methoxy groups -OCH3 is 1. The molecule has 1 aliphatic heterocycles. The maximum atomic E-state index is 7.11. The third-order valence-corrected chi connectivity index (χ3v) is 0.576. The molecule has 3 nitrogen and oxygen atoms in total. The summed E-state index contributed by atoms with van der Waals surface area (Å²) in [5.41, 5.74) is 0. The Morgan fingerprint density at radius 3 is 3.29 bits per heavy atom. The number of nitrogens with zero attached hydrogens (tertiary/aromatic N) is 1. The number of ether oxygens (including phenoxy) is 1. The fraction of sp³-hybridized carbons (Fsp3) is 0.750. The van der Waals surface area contributed by atoms with Gasteiger partial charge in [0.2, 0.25) is 0 Å². The van der Waals surface area contributed by atoms with Crippen molar-refractivity contribution in [3.63, 3.8) is 0 Å². The average molecular weight is 104 g/mol. The van der Waals surface area contributed by atoms with Crippen LogP contribution in [0.4, 0.5) is 0 Å². The van der Waals surface area contributed by atoms with Crippen LogP contribution in [0.15, 0.2) is 4.99 Å². The normalized spacial score (nSPS) is 41.0. The molecule has 40 valence electrons. The van der Waals surface area contributed by atoms with Gasteiger partial charge in [-0.2, -0.15) is 0 Å². The van der Waals surface area contributed by atoms with Crippen LogP contribution in [0, 0.1) is 0 Å². The van der Waals surface area contributed by atoms with E-state index >= 15 is 0 Å². The molecule has 0 atom stereocenters. The maximum Gasteiger partial charge on any atom is 0.284 e. The minimum absolute atomic E-state index is 0.111. The molecule has 0 saturated heterocycles. The van der Waals surface area contributed by atoms with Gasteiger partial charge in [-0.1, -0.05) is 0 Å². The second-order valence-corrected chi connectivity index (χ2v) is 0.983. The zero-order valence-corrected chi connectivity index (χ0v) is 3.86. The van der Waals surface area contributed by atoms with Gasteiger partial charge >= 0.3 is 0 Å². The molecule has 1 N–H and O–H groups in total. The number of nitrogens with one attached hydrogen (secondary N) is 1. The molecule has 0 bridgehead atoms. The second-order valence-electron chi connectivity index (χ2n) is 0.983. The minimum Gasteiger partial charge on any atom is -0.469 e. The Morgan fingerprint density at radius 2 is 3.00 bits per heavy atom. The fourth-order valence-electron chi connectivity index (χ4n) is 0.285. The highest BCUT2D eigenvalue weighted by molar-refractivity contribution is 5.74. The van der Waals surface area contributed by atoms with Crippen LogP contribution in [-0.4, -0.2) is 26.1 Å². The van der Waals surface area contributed by atoms with Crippen LogP contribution in [0.2, 0.25) is 0 Å². The van der Waals surface area contributed by atoms with Crippen LogP contribution < -0.4 is 5.32 Å². The van der Waals surface area contributed by atoms with Gasteiger partial charge in [0.15, 0.2) is 0 Å². The van der Waals surface area contributed by atoms with E-state index in [2.05, 4.69) is 15.0 Å². The van der Waals surface area contributed by atoms with Gasteiger partial charge in [0.25, 0.3) is 6.02 Å². The number of hydrogen-bond acceptors (Lipinski definition) is 3. The average Bonchev–Trinajstić information content (AvgIpc) is 2.03. The molecule has 0 radical (unpaired) electrons. The summed E-state index contributed by atoms with van der Waals surface area (Å²) < 4.78 is 32.9. The van der Waals surface area contributed by atoms with Crippen molar-refractivity contribution < 1.29 is 10.2 Å².